The molecule has 0 unspecified atom stereocenters. The average molecular weight is 508 g/mol. The number of fused-ring (bicyclic) bond motifs is 2. The summed E-state index contributed by atoms with van der Waals surface area (Å²) in [4.78, 5) is 37.0. The van der Waals surface area contributed by atoms with Gasteiger partial charge in [-0.1, -0.05) is 18.6 Å². The summed E-state index contributed by atoms with van der Waals surface area (Å²) in [7, 11) is 0. The summed E-state index contributed by atoms with van der Waals surface area (Å²) in [6.07, 6.45) is 5.28. The van der Waals surface area contributed by atoms with Crippen molar-refractivity contribution in [3.63, 3.8) is 0 Å². The Hall–Kier alpha value is -3.21. The van der Waals surface area contributed by atoms with E-state index in [1.54, 1.807) is 17.5 Å². The van der Waals surface area contributed by atoms with Crippen LogP contribution in [0, 0.1) is 0 Å². The lowest BCUT2D eigenvalue weighted by atomic mass is 10.1. The van der Waals surface area contributed by atoms with Gasteiger partial charge in [-0.05, 0) is 25.0 Å². The number of Topliss-reactive ketones (excluding diaryl/α,β-unsaturated/α-hetero) is 2. The van der Waals surface area contributed by atoms with Gasteiger partial charge in [-0.3, -0.25) is 14.7 Å². The molecule has 1 fully saturated rings. The maximum atomic E-state index is 12.7. The number of benzene rings is 1. The van der Waals surface area contributed by atoms with E-state index in [0.29, 0.717) is 44.7 Å². The van der Waals surface area contributed by atoms with E-state index in [1.807, 2.05) is 24.3 Å². The molecule has 0 bridgehead atoms. The second-order valence-electron chi connectivity index (χ2n) is 9.01. The highest BCUT2D eigenvalue weighted by molar-refractivity contribution is 7.19. The van der Waals surface area contributed by atoms with Gasteiger partial charge in [-0.15, -0.1) is 11.3 Å². The number of nitrogens with zero attached hydrogens (tertiary/aromatic N) is 4. The first-order chi connectivity index (χ1) is 17.6. The number of nitrogens with one attached hydrogen (secondary N) is 1. The highest BCUT2D eigenvalue weighted by Crippen LogP contribution is 2.36. The van der Waals surface area contributed by atoms with Crippen LogP contribution >= 0.6 is 11.3 Å². The quantitative estimate of drug-likeness (QED) is 0.295. The van der Waals surface area contributed by atoms with Crippen molar-refractivity contribution in [2.45, 2.75) is 38.5 Å². The van der Waals surface area contributed by atoms with Gasteiger partial charge in [0.1, 0.15) is 12.4 Å². The van der Waals surface area contributed by atoms with Gasteiger partial charge in [-0.2, -0.15) is 5.10 Å². The highest BCUT2D eigenvalue weighted by atomic mass is 32.1. The molecule has 1 aliphatic heterocycles. The molecule has 4 aromatic rings. The fourth-order valence-electron chi connectivity index (χ4n) is 4.51. The molecule has 2 N–H and O–H groups in total. The summed E-state index contributed by atoms with van der Waals surface area (Å²) in [5.74, 6) is 1.56. The van der Waals surface area contributed by atoms with E-state index in [9.17, 15) is 9.59 Å². The Balaban J connectivity index is 1.38. The van der Waals surface area contributed by atoms with Crippen LogP contribution < -0.4 is 4.90 Å². The Kier molecular flexibility index (Phi) is 7.64. The first kappa shape index (κ1) is 24.5. The van der Waals surface area contributed by atoms with Crippen molar-refractivity contribution in [3.05, 3.63) is 35.3 Å². The van der Waals surface area contributed by atoms with E-state index in [2.05, 4.69) is 15.1 Å². The van der Waals surface area contributed by atoms with Gasteiger partial charge in [0.05, 0.1) is 35.1 Å². The van der Waals surface area contributed by atoms with Crippen LogP contribution in [0.3, 0.4) is 0 Å². The molecule has 188 valence electrons. The Morgan fingerprint density at radius 1 is 1.08 bits per heavy atom. The Bertz CT molecular complexity index is 1380. The Morgan fingerprint density at radius 3 is 2.69 bits per heavy atom. The lowest BCUT2D eigenvalue weighted by Crippen LogP contribution is -2.36. The summed E-state index contributed by atoms with van der Waals surface area (Å²) in [5, 5.41) is 17.0. The Morgan fingerprint density at radius 2 is 1.89 bits per heavy atom. The molecule has 1 saturated heterocycles. The van der Waals surface area contributed by atoms with E-state index < -0.39 is 6.61 Å². The summed E-state index contributed by atoms with van der Waals surface area (Å²) >= 11 is 1.59. The van der Waals surface area contributed by atoms with Gasteiger partial charge >= 0.3 is 0 Å². The van der Waals surface area contributed by atoms with Gasteiger partial charge in [0.15, 0.2) is 17.4 Å². The number of aliphatic hydroxyl groups is 1. The SMILES string of the molecule is O=C(CO)CCCCCC(=O)Cc1cc2nc(-c3cccc4[nH]ncc34)nc(N3CCOCC3)c2s1. The standard InChI is InChI=1S/C26H29N5O4S/c32-16-18(34)6-3-1-2-5-17(33)13-19-14-23-24(36-19)26(31-9-11-35-12-10-31)29-25(28-23)20-7-4-8-22-21(20)15-27-30-22/h4,7-8,14-15,32H,1-3,5-6,9-13,16H2,(H,27,30). The number of morpholine rings is 1. The normalized spacial score (nSPS) is 14.1. The zero-order valence-electron chi connectivity index (χ0n) is 20.0. The maximum absolute atomic E-state index is 12.7. The molecule has 4 heterocycles. The zero-order chi connectivity index (χ0) is 24.9. The van der Waals surface area contributed by atoms with Crippen molar-refractivity contribution in [1.82, 2.24) is 20.2 Å². The number of rotatable bonds is 11. The van der Waals surface area contributed by atoms with Crippen LogP contribution in [-0.2, 0) is 20.7 Å². The first-order valence-electron chi connectivity index (χ1n) is 12.3. The molecule has 1 aliphatic rings. The number of anilines is 1. The van der Waals surface area contributed by atoms with Crippen LogP contribution in [0.5, 0.6) is 0 Å². The monoisotopic (exact) mass is 507 g/mol. The number of ether oxygens (including phenoxy) is 1. The highest BCUT2D eigenvalue weighted by Gasteiger charge is 2.21. The third kappa shape index (κ3) is 5.45. The van der Waals surface area contributed by atoms with Crippen molar-refractivity contribution < 1.29 is 19.4 Å². The van der Waals surface area contributed by atoms with Crippen LogP contribution in [-0.4, -0.2) is 69.7 Å². The minimum absolute atomic E-state index is 0.146. The van der Waals surface area contributed by atoms with Gasteiger partial charge in [0.2, 0.25) is 0 Å². The number of carbonyl (C=O) groups excluding carboxylic acids is 2. The Labute approximate surface area is 212 Å². The number of thiophene rings is 1. The van der Waals surface area contributed by atoms with Gasteiger partial charge < -0.3 is 14.7 Å². The van der Waals surface area contributed by atoms with Crippen LogP contribution in [0.2, 0.25) is 0 Å². The zero-order valence-corrected chi connectivity index (χ0v) is 20.9. The van der Waals surface area contributed by atoms with E-state index in [4.69, 9.17) is 19.8 Å². The minimum atomic E-state index is -0.404. The van der Waals surface area contributed by atoms with E-state index in [1.165, 1.54) is 0 Å². The molecule has 3 aromatic heterocycles. The number of aromatic amines is 1. The van der Waals surface area contributed by atoms with Crippen molar-refractivity contribution in [1.29, 1.82) is 0 Å². The third-order valence-electron chi connectivity index (χ3n) is 6.40. The minimum Gasteiger partial charge on any atom is -0.389 e. The summed E-state index contributed by atoms with van der Waals surface area (Å²) < 4.78 is 6.55. The van der Waals surface area contributed by atoms with Gasteiger partial charge in [0.25, 0.3) is 0 Å². The molecule has 36 heavy (non-hydrogen) atoms. The summed E-state index contributed by atoms with van der Waals surface area (Å²) in [6.45, 7) is 2.41. The van der Waals surface area contributed by atoms with Gasteiger partial charge in [-0.25, -0.2) is 9.97 Å². The molecule has 0 spiro atoms. The number of aromatic nitrogens is 4. The van der Waals surface area contributed by atoms with Gasteiger partial charge in [0, 0.05) is 48.2 Å². The topological polar surface area (TPSA) is 121 Å². The predicted octanol–water partition coefficient (Wildman–Crippen LogP) is 3.69. The first-order valence-corrected chi connectivity index (χ1v) is 13.1. The second kappa shape index (κ2) is 11.2. The van der Waals surface area contributed by atoms with E-state index in [0.717, 1.165) is 63.3 Å². The van der Waals surface area contributed by atoms with Crippen LogP contribution in [0.15, 0.2) is 30.5 Å². The predicted molar refractivity (Wildman–Crippen MR) is 139 cm³/mol. The number of hydrogen-bond donors (Lipinski definition) is 2. The van der Waals surface area contributed by atoms with E-state index in [-0.39, 0.29) is 11.6 Å². The smallest absolute Gasteiger partial charge is 0.162 e. The van der Waals surface area contributed by atoms with Crippen molar-refractivity contribution in [2.24, 2.45) is 0 Å². The van der Waals surface area contributed by atoms with Crippen LogP contribution in [0.1, 0.15) is 37.0 Å². The summed E-state index contributed by atoms with van der Waals surface area (Å²) in [6, 6.07) is 7.97. The van der Waals surface area contributed by atoms with Crippen LogP contribution in [0.25, 0.3) is 32.5 Å². The number of H-pyrrole nitrogens is 1. The van der Waals surface area contributed by atoms with Crippen molar-refractivity contribution in [2.75, 3.05) is 37.8 Å². The molecule has 0 saturated carbocycles. The molecular weight excluding hydrogens is 478 g/mol. The van der Waals surface area contributed by atoms with Crippen molar-refractivity contribution in [3.8, 4) is 11.4 Å². The second-order valence-corrected chi connectivity index (χ2v) is 10.1. The number of ketones is 2. The molecule has 0 radical (unpaired) electrons. The van der Waals surface area contributed by atoms with Crippen molar-refractivity contribution >= 4 is 49.8 Å². The third-order valence-corrected chi connectivity index (χ3v) is 7.52. The number of hydrogen-bond acceptors (Lipinski definition) is 9. The fraction of sp³-hybridized carbons (Fsp3) is 0.423. The molecule has 9 nitrogen and oxygen atoms in total. The fourth-order valence-corrected chi connectivity index (χ4v) is 5.65. The number of aliphatic hydroxyl groups excluding tert-OH is 1. The molecule has 10 heteroatoms. The molecule has 0 atom stereocenters. The molecule has 0 amide bonds. The summed E-state index contributed by atoms with van der Waals surface area (Å²) in [5.41, 5.74) is 2.69. The van der Waals surface area contributed by atoms with Crippen LogP contribution in [0.4, 0.5) is 5.82 Å². The largest absolute Gasteiger partial charge is 0.389 e. The average Bonchev–Trinajstić information content (AvgIpc) is 3.54. The molecular formula is C26H29N5O4S. The number of carbonyl (C=O) groups is 2. The molecule has 1 aromatic carbocycles. The number of unbranched alkanes of at least 4 members (excludes halogenated alkanes) is 2. The lowest BCUT2D eigenvalue weighted by Gasteiger charge is -2.28. The molecule has 5 rings (SSSR count). The molecule has 0 aliphatic carbocycles. The maximum Gasteiger partial charge on any atom is 0.162 e. The van der Waals surface area contributed by atoms with E-state index >= 15 is 0 Å². The lowest BCUT2D eigenvalue weighted by molar-refractivity contribution is -0.121.